The summed E-state index contributed by atoms with van der Waals surface area (Å²) < 4.78 is 0. The van der Waals surface area contributed by atoms with Gasteiger partial charge in [0.1, 0.15) is 5.78 Å². The second kappa shape index (κ2) is 10.7. The van der Waals surface area contributed by atoms with Crippen LogP contribution in [0.1, 0.15) is 71.1 Å². The number of carbonyl (C=O) groups is 2. The molecule has 1 aliphatic rings. The molecule has 5 nitrogen and oxygen atoms in total. The van der Waals surface area contributed by atoms with E-state index in [1.807, 2.05) is 0 Å². The zero-order valence-corrected chi connectivity index (χ0v) is 13.1. The zero-order chi connectivity index (χ0) is 15.5. The van der Waals surface area contributed by atoms with Gasteiger partial charge < -0.3 is 9.94 Å². The monoisotopic (exact) mass is 299 g/mol. The number of aliphatic hydroxyl groups excluding tert-OH is 1. The number of unbranched alkanes of at least 4 members (excludes halogenated alkanes) is 8. The zero-order valence-electron chi connectivity index (χ0n) is 13.1. The average molecular weight is 299 g/mol. The van der Waals surface area contributed by atoms with E-state index in [0.717, 1.165) is 19.3 Å². The van der Waals surface area contributed by atoms with Gasteiger partial charge in [-0.05, 0) is 6.42 Å². The molecule has 0 aromatic rings. The van der Waals surface area contributed by atoms with Crippen LogP contribution in [0.4, 0.5) is 0 Å². The highest BCUT2D eigenvalue weighted by molar-refractivity contribution is 5.90. The number of rotatable bonds is 13. The van der Waals surface area contributed by atoms with Gasteiger partial charge in [0.25, 0.3) is 0 Å². The van der Waals surface area contributed by atoms with Crippen molar-refractivity contribution in [1.82, 2.24) is 5.48 Å². The second-order valence-electron chi connectivity index (χ2n) is 5.85. The van der Waals surface area contributed by atoms with Gasteiger partial charge in [0.05, 0.1) is 12.5 Å². The molecule has 1 heterocycles. The van der Waals surface area contributed by atoms with Crippen molar-refractivity contribution in [2.75, 3.05) is 6.61 Å². The number of ketones is 1. The first-order chi connectivity index (χ1) is 10.2. The highest BCUT2D eigenvalue weighted by Crippen LogP contribution is 2.17. The molecule has 21 heavy (non-hydrogen) atoms. The molecule has 1 rings (SSSR count). The lowest BCUT2D eigenvalue weighted by atomic mass is 9.92. The van der Waals surface area contributed by atoms with Crippen LogP contribution in [0.25, 0.3) is 0 Å². The fourth-order valence-corrected chi connectivity index (χ4v) is 2.61. The number of carbonyl (C=O) groups excluding carboxylic acids is 2. The van der Waals surface area contributed by atoms with Crippen molar-refractivity contribution in [1.29, 1.82) is 0 Å². The van der Waals surface area contributed by atoms with Crippen molar-refractivity contribution in [2.24, 2.45) is 5.92 Å². The Morgan fingerprint density at radius 2 is 1.71 bits per heavy atom. The normalized spacial score (nSPS) is 19.0. The van der Waals surface area contributed by atoms with E-state index in [1.165, 1.54) is 38.5 Å². The molecular weight excluding hydrogens is 270 g/mol. The highest BCUT2D eigenvalue weighted by Gasteiger charge is 2.41. The Bertz CT molecular complexity index is 319. The van der Waals surface area contributed by atoms with Crippen LogP contribution >= 0.6 is 0 Å². The molecule has 5 heteroatoms. The summed E-state index contributed by atoms with van der Waals surface area (Å²) in [7, 11) is 0. The van der Waals surface area contributed by atoms with Gasteiger partial charge in [0, 0.05) is 6.42 Å². The Hall–Kier alpha value is -0.940. The minimum Gasteiger partial charge on any atom is -0.396 e. The average Bonchev–Trinajstić information content (AvgIpc) is 2.48. The maximum atomic E-state index is 12.0. The molecule has 0 radical (unpaired) electrons. The molecule has 1 saturated heterocycles. The highest BCUT2D eigenvalue weighted by atomic mass is 16.7. The molecule has 122 valence electrons. The lowest BCUT2D eigenvalue weighted by molar-refractivity contribution is -0.187. The van der Waals surface area contributed by atoms with Gasteiger partial charge in [-0.1, -0.05) is 58.3 Å². The minimum atomic E-state index is -0.653. The first-order valence-corrected chi connectivity index (χ1v) is 8.30. The summed E-state index contributed by atoms with van der Waals surface area (Å²) in [6.45, 7) is 1.92. The summed E-state index contributed by atoms with van der Waals surface area (Å²) >= 11 is 0. The van der Waals surface area contributed by atoms with Crippen molar-refractivity contribution in [3.63, 3.8) is 0 Å². The third-order valence-electron chi connectivity index (χ3n) is 4.08. The van der Waals surface area contributed by atoms with Crippen LogP contribution in [-0.4, -0.2) is 29.5 Å². The molecule has 1 fully saturated rings. The Morgan fingerprint density at radius 1 is 1.14 bits per heavy atom. The summed E-state index contributed by atoms with van der Waals surface area (Å²) in [6.07, 6.45) is 11.2. The standard InChI is InChI=1S/C16H29NO4/c1-2-3-4-5-6-7-8-9-10-11-14(19)13(12-18)15-16(20)21-17-15/h13,15,17-18H,2-12H2,1H3. The predicted octanol–water partition coefficient (Wildman–Crippen LogP) is 2.51. The summed E-state index contributed by atoms with van der Waals surface area (Å²) in [5.41, 5.74) is 2.43. The molecule has 0 spiro atoms. The van der Waals surface area contributed by atoms with Gasteiger partial charge in [-0.15, -0.1) is 5.48 Å². The van der Waals surface area contributed by atoms with Crippen molar-refractivity contribution in [2.45, 2.75) is 77.2 Å². The molecule has 0 aromatic carbocycles. The van der Waals surface area contributed by atoms with E-state index in [4.69, 9.17) is 0 Å². The van der Waals surface area contributed by atoms with Crippen LogP contribution in [0.2, 0.25) is 0 Å². The second-order valence-corrected chi connectivity index (χ2v) is 5.85. The van der Waals surface area contributed by atoms with Crippen molar-refractivity contribution in [3.05, 3.63) is 0 Å². The van der Waals surface area contributed by atoms with E-state index in [9.17, 15) is 14.7 Å². The van der Waals surface area contributed by atoms with Crippen molar-refractivity contribution >= 4 is 11.8 Å². The van der Waals surface area contributed by atoms with E-state index in [1.54, 1.807) is 0 Å². The van der Waals surface area contributed by atoms with Crippen molar-refractivity contribution in [3.8, 4) is 0 Å². The predicted molar refractivity (Wildman–Crippen MR) is 80.4 cm³/mol. The first kappa shape index (κ1) is 18.1. The summed E-state index contributed by atoms with van der Waals surface area (Å²) in [5.74, 6) is -1.15. The fourth-order valence-electron chi connectivity index (χ4n) is 2.61. The third kappa shape index (κ3) is 6.57. The van der Waals surface area contributed by atoms with Gasteiger partial charge >= 0.3 is 5.97 Å². The van der Waals surface area contributed by atoms with E-state index in [2.05, 4.69) is 17.2 Å². The SMILES string of the molecule is CCCCCCCCCCCC(=O)C(CO)C1NOC1=O. The van der Waals surface area contributed by atoms with Crippen LogP contribution < -0.4 is 5.48 Å². The van der Waals surface area contributed by atoms with Crippen LogP contribution in [0.5, 0.6) is 0 Å². The Morgan fingerprint density at radius 3 is 2.14 bits per heavy atom. The Balaban J connectivity index is 2.01. The van der Waals surface area contributed by atoms with Gasteiger partial charge in [0.2, 0.25) is 0 Å². The van der Waals surface area contributed by atoms with Crippen LogP contribution in [0.3, 0.4) is 0 Å². The smallest absolute Gasteiger partial charge is 0.346 e. The lowest BCUT2D eigenvalue weighted by Crippen LogP contribution is -2.58. The van der Waals surface area contributed by atoms with Crippen molar-refractivity contribution < 1.29 is 19.5 Å². The van der Waals surface area contributed by atoms with Gasteiger partial charge in [-0.25, -0.2) is 4.79 Å². The van der Waals surface area contributed by atoms with Gasteiger partial charge in [0.15, 0.2) is 6.04 Å². The molecule has 2 atom stereocenters. The van der Waals surface area contributed by atoms with Crippen LogP contribution in [0.15, 0.2) is 0 Å². The molecule has 0 bridgehead atoms. The molecule has 2 unspecified atom stereocenters. The number of hydrogen-bond donors (Lipinski definition) is 2. The quantitative estimate of drug-likeness (QED) is 0.511. The first-order valence-electron chi connectivity index (χ1n) is 8.30. The molecule has 0 amide bonds. The molecule has 2 N–H and O–H groups in total. The lowest BCUT2D eigenvalue weighted by Gasteiger charge is -2.30. The molecule has 0 aromatic heterocycles. The Kier molecular flexibility index (Phi) is 9.26. The van der Waals surface area contributed by atoms with Gasteiger partial charge in [-0.3, -0.25) is 4.79 Å². The van der Waals surface area contributed by atoms with Crippen LogP contribution in [-0.2, 0) is 14.4 Å². The van der Waals surface area contributed by atoms with Crippen LogP contribution in [0, 0.1) is 5.92 Å². The largest absolute Gasteiger partial charge is 0.396 e. The van der Waals surface area contributed by atoms with E-state index in [0.29, 0.717) is 6.42 Å². The minimum absolute atomic E-state index is 0.0467. The number of Topliss-reactive ketones (excluding diaryl/α,β-unsaturated/α-hetero) is 1. The maximum Gasteiger partial charge on any atom is 0.346 e. The molecular formula is C16H29NO4. The molecule has 0 saturated carbocycles. The topological polar surface area (TPSA) is 75.6 Å². The number of hydrogen-bond acceptors (Lipinski definition) is 5. The third-order valence-corrected chi connectivity index (χ3v) is 4.08. The number of hydroxylamine groups is 1. The summed E-state index contributed by atoms with van der Waals surface area (Å²) in [4.78, 5) is 27.5. The van der Waals surface area contributed by atoms with Gasteiger partial charge in [-0.2, -0.15) is 0 Å². The van der Waals surface area contributed by atoms with E-state index in [-0.39, 0.29) is 12.4 Å². The summed E-state index contributed by atoms with van der Waals surface area (Å²) in [5, 5.41) is 9.22. The number of aliphatic hydroxyl groups is 1. The maximum absolute atomic E-state index is 12.0. The van der Waals surface area contributed by atoms with E-state index >= 15 is 0 Å². The molecule has 1 aliphatic heterocycles. The van der Waals surface area contributed by atoms with E-state index < -0.39 is 17.9 Å². The molecule has 0 aliphatic carbocycles. The summed E-state index contributed by atoms with van der Waals surface area (Å²) in [6, 6.07) is -0.652. The number of nitrogens with one attached hydrogen (secondary N) is 1. The Labute approximate surface area is 127 Å². The fraction of sp³-hybridized carbons (Fsp3) is 0.875.